The van der Waals surface area contributed by atoms with E-state index in [2.05, 4.69) is 5.32 Å². The number of nitrogens with one attached hydrogen (secondary N) is 1. The first-order valence-corrected chi connectivity index (χ1v) is 6.20. The average Bonchev–Trinajstić information content (AvgIpc) is 2.28. The summed E-state index contributed by atoms with van der Waals surface area (Å²) >= 11 is 0. The molecule has 0 rings (SSSR count). The van der Waals surface area contributed by atoms with E-state index in [9.17, 15) is 4.79 Å². The van der Waals surface area contributed by atoms with Crippen molar-refractivity contribution in [3.05, 3.63) is 0 Å². The van der Waals surface area contributed by atoms with Crippen molar-refractivity contribution < 1.29 is 14.6 Å². The molecule has 1 unspecified atom stereocenters. The molecule has 2 N–H and O–H groups in total. The van der Waals surface area contributed by atoms with Crippen molar-refractivity contribution in [2.75, 3.05) is 26.3 Å². The molecule has 0 aliphatic heterocycles. The van der Waals surface area contributed by atoms with Crippen LogP contribution in [0, 0.1) is 5.92 Å². The number of esters is 1. The van der Waals surface area contributed by atoms with Gasteiger partial charge in [-0.3, -0.25) is 4.79 Å². The van der Waals surface area contributed by atoms with Crippen LogP contribution in [0.1, 0.15) is 39.5 Å². The quantitative estimate of drug-likeness (QED) is 0.440. The van der Waals surface area contributed by atoms with E-state index >= 15 is 0 Å². The zero-order valence-corrected chi connectivity index (χ0v) is 10.5. The van der Waals surface area contributed by atoms with Crippen molar-refractivity contribution in [1.82, 2.24) is 5.32 Å². The molecule has 0 bridgehead atoms. The van der Waals surface area contributed by atoms with Crippen LogP contribution in [0.4, 0.5) is 0 Å². The number of ether oxygens (including phenoxy) is 1. The van der Waals surface area contributed by atoms with Gasteiger partial charge in [-0.15, -0.1) is 0 Å². The molecule has 0 aliphatic rings. The Bertz CT molecular complexity index is 174. The van der Waals surface area contributed by atoms with E-state index in [4.69, 9.17) is 9.84 Å². The van der Waals surface area contributed by atoms with Crippen LogP contribution in [0.2, 0.25) is 0 Å². The normalized spacial score (nSPS) is 12.4. The zero-order chi connectivity index (χ0) is 12.2. The number of hydrogen-bond acceptors (Lipinski definition) is 4. The number of aliphatic hydroxyl groups is 1. The number of aliphatic hydroxyl groups excluding tert-OH is 1. The number of unbranched alkanes of at least 4 members (excludes halogenated alkanes) is 3. The van der Waals surface area contributed by atoms with Crippen LogP contribution in [-0.4, -0.2) is 37.4 Å². The molecule has 4 nitrogen and oxygen atoms in total. The first-order valence-electron chi connectivity index (χ1n) is 6.20. The fourth-order valence-corrected chi connectivity index (χ4v) is 1.40. The van der Waals surface area contributed by atoms with E-state index in [0.717, 1.165) is 32.2 Å². The van der Waals surface area contributed by atoms with Crippen molar-refractivity contribution >= 4 is 5.97 Å². The zero-order valence-electron chi connectivity index (χ0n) is 10.5. The van der Waals surface area contributed by atoms with Gasteiger partial charge in [0.1, 0.15) is 0 Å². The smallest absolute Gasteiger partial charge is 0.309 e. The first-order chi connectivity index (χ1) is 7.72. The Morgan fingerprint density at radius 1 is 1.31 bits per heavy atom. The van der Waals surface area contributed by atoms with Gasteiger partial charge in [0.2, 0.25) is 0 Å². The maximum absolute atomic E-state index is 11.3. The highest BCUT2D eigenvalue weighted by molar-refractivity contribution is 5.72. The predicted octanol–water partition coefficient (Wildman–Crippen LogP) is 1.33. The van der Waals surface area contributed by atoms with Crippen molar-refractivity contribution in [3.8, 4) is 0 Å². The minimum Gasteiger partial charge on any atom is -0.466 e. The highest BCUT2D eigenvalue weighted by Crippen LogP contribution is 1.99. The minimum absolute atomic E-state index is 0.0719. The van der Waals surface area contributed by atoms with Crippen molar-refractivity contribution in [3.63, 3.8) is 0 Å². The van der Waals surface area contributed by atoms with E-state index in [1.54, 1.807) is 0 Å². The molecule has 0 heterocycles. The second kappa shape index (κ2) is 10.9. The van der Waals surface area contributed by atoms with Gasteiger partial charge in [0.25, 0.3) is 0 Å². The Kier molecular flexibility index (Phi) is 10.5. The molecule has 0 aromatic rings. The standard InChI is InChI=1S/C12H25NO3/c1-3-16-12(15)11(2)10-13-8-6-4-5-7-9-14/h11,13-14H,3-10H2,1-2H3. The van der Waals surface area contributed by atoms with Gasteiger partial charge in [0.05, 0.1) is 12.5 Å². The molecule has 96 valence electrons. The second-order valence-corrected chi connectivity index (χ2v) is 4.00. The largest absolute Gasteiger partial charge is 0.466 e. The molecule has 1 atom stereocenters. The summed E-state index contributed by atoms with van der Waals surface area (Å²) in [5, 5.41) is 11.8. The molecule has 16 heavy (non-hydrogen) atoms. The van der Waals surface area contributed by atoms with Gasteiger partial charge in [0, 0.05) is 13.2 Å². The lowest BCUT2D eigenvalue weighted by molar-refractivity contribution is -0.147. The van der Waals surface area contributed by atoms with Crippen LogP contribution in [0.3, 0.4) is 0 Å². The number of rotatable bonds is 10. The van der Waals surface area contributed by atoms with Crippen LogP contribution < -0.4 is 5.32 Å². The summed E-state index contributed by atoms with van der Waals surface area (Å²) in [7, 11) is 0. The number of carbonyl (C=O) groups excluding carboxylic acids is 1. The van der Waals surface area contributed by atoms with Crippen LogP contribution in [0.25, 0.3) is 0 Å². The lowest BCUT2D eigenvalue weighted by Gasteiger charge is -2.11. The number of hydrogen-bond donors (Lipinski definition) is 2. The van der Waals surface area contributed by atoms with E-state index in [-0.39, 0.29) is 18.5 Å². The summed E-state index contributed by atoms with van der Waals surface area (Å²) in [5.74, 6) is -0.201. The Morgan fingerprint density at radius 2 is 2.00 bits per heavy atom. The van der Waals surface area contributed by atoms with E-state index in [1.807, 2.05) is 13.8 Å². The van der Waals surface area contributed by atoms with Gasteiger partial charge >= 0.3 is 5.97 Å². The first kappa shape index (κ1) is 15.4. The average molecular weight is 231 g/mol. The summed E-state index contributed by atoms with van der Waals surface area (Å²) in [6.07, 6.45) is 4.18. The summed E-state index contributed by atoms with van der Waals surface area (Å²) in [4.78, 5) is 11.3. The molecule has 0 aliphatic carbocycles. The van der Waals surface area contributed by atoms with Gasteiger partial charge in [0.15, 0.2) is 0 Å². The van der Waals surface area contributed by atoms with E-state index in [0.29, 0.717) is 13.2 Å². The third-order valence-electron chi connectivity index (χ3n) is 2.40. The summed E-state index contributed by atoms with van der Waals surface area (Å²) < 4.78 is 4.91. The van der Waals surface area contributed by atoms with Gasteiger partial charge in [-0.2, -0.15) is 0 Å². The minimum atomic E-state index is -0.129. The van der Waals surface area contributed by atoms with E-state index in [1.165, 1.54) is 0 Å². The Labute approximate surface area is 98.4 Å². The van der Waals surface area contributed by atoms with Gasteiger partial charge in [-0.1, -0.05) is 19.8 Å². The monoisotopic (exact) mass is 231 g/mol. The fourth-order valence-electron chi connectivity index (χ4n) is 1.40. The summed E-state index contributed by atoms with van der Waals surface area (Å²) in [6.45, 7) is 6.03. The molecule has 0 saturated heterocycles. The molecular formula is C12H25NO3. The fraction of sp³-hybridized carbons (Fsp3) is 0.917. The molecular weight excluding hydrogens is 206 g/mol. The Hall–Kier alpha value is -0.610. The number of carbonyl (C=O) groups is 1. The summed E-state index contributed by atoms with van der Waals surface area (Å²) in [6, 6.07) is 0. The molecule has 0 radical (unpaired) electrons. The third-order valence-corrected chi connectivity index (χ3v) is 2.40. The van der Waals surface area contributed by atoms with Crippen molar-refractivity contribution in [2.45, 2.75) is 39.5 Å². The topological polar surface area (TPSA) is 58.6 Å². The molecule has 0 aromatic carbocycles. The molecule has 0 amide bonds. The lowest BCUT2D eigenvalue weighted by Crippen LogP contribution is -2.28. The molecule has 4 heteroatoms. The van der Waals surface area contributed by atoms with Crippen LogP contribution in [-0.2, 0) is 9.53 Å². The van der Waals surface area contributed by atoms with Gasteiger partial charge in [-0.25, -0.2) is 0 Å². The third kappa shape index (κ3) is 8.68. The lowest BCUT2D eigenvalue weighted by atomic mass is 10.1. The Morgan fingerprint density at radius 3 is 2.62 bits per heavy atom. The van der Waals surface area contributed by atoms with Crippen molar-refractivity contribution in [1.29, 1.82) is 0 Å². The second-order valence-electron chi connectivity index (χ2n) is 4.00. The molecule has 0 saturated carbocycles. The SMILES string of the molecule is CCOC(=O)C(C)CNCCCCCCO. The molecule has 0 aromatic heterocycles. The molecule has 0 spiro atoms. The Balaban J connectivity index is 3.27. The maximum Gasteiger partial charge on any atom is 0.309 e. The van der Waals surface area contributed by atoms with Crippen LogP contribution >= 0.6 is 0 Å². The van der Waals surface area contributed by atoms with Crippen LogP contribution in [0.5, 0.6) is 0 Å². The highest BCUT2D eigenvalue weighted by atomic mass is 16.5. The van der Waals surface area contributed by atoms with Gasteiger partial charge in [-0.05, 0) is 26.3 Å². The maximum atomic E-state index is 11.3. The van der Waals surface area contributed by atoms with Crippen LogP contribution in [0.15, 0.2) is 0 Å². The summed E-state index contributed by atoms with van der Waals surface area (Å²) in [5.41, 5.74) is 0. The van der Waals surface area contributed by atoms with Crippen molar-refractivity contribution in [2.24, 2.45) is 5.92 Å². The molecule has 0 fully saturated rings. The van der Waals surface area contributed by atoms with Gasteiger partial charge < -0.3 is 15.2 Å². The predicted molar refractivity (Wildman–Crippen MR) is 64.2 cm³/mol. The van der Waals surface area contributed by atoms with E-state index < -0.39 is 0 Å². The highest BCUT2D eigenvalue weighted by Gasteiger charge is 2.12.